The number of phenols is 1. The summed E-state index contributed by atoms with van der Waals surface area (Å²) < 4.78 is 41.5. The molecule has 2 amide bonds. The molecule has 0 radical (unpaired) electrons. The lowest BCUT2D eigenvalue weighted by atomic mass is 9.90. The topological polar surface area (TPSA) is 97.2 Å². The zero-order valence-electron chi connectivity index (χ0n) is 21.5. The summed E-state index contributed by atoms with van der Waals surface area (Å²) in [6.07, 6.45) is -2.46. The van der Waals surface area contributed by atoms with Gasteiger partial charge in [0.25, 0.3) is 17.4 Å². The zero-order valence-corrected chi connectivity index (χ0v) is 22.3. The second-order valence-electron chi connectivity index (χ2n) is 9.77. The van der Waals surface area contributed by atoms with Crippen LogP contribution in [0.1, 0.15) is 41.6 Å². The summed E-state index contributed by atoms with van der Waals surface area (Å²) in [4.78, 5) is 33.7. The van der Waals surface area contributed by atoms with Gasteiger partial charge in [0.1, 0.15) is 16.7 Å². The SMILES string of the molecule is CN(C)C(=O)c1ccc(N2CCC(CCCN(C)C(=O)[C@](O)(c3cccc(O)c3)C(F)(F)F)CC2)nc1Cl. The molecule has 38 heavy (non-hydrogen) atoms. The van der Waals surface area contributed by atoms with Gasteiger partial charge in [-0.2, -0.15) is 13.2 Å². The Morgan fingerprint density at radius 2 is 1.79 bits per heavy atom. The standard InChI is InChI=1S/C26H32ClF3N4O4/c1-32(2)23(36)20-9-10-21(31-22(20)27)34-14-11-17(12-15-34)6-5-13-33(3)24(37)25(38,26(28,29)30)18-7-4-8-19(35)16-18/h4,7-10,16-17,35,38H,5-6,11-15H2,1-3H3/t25-/m1/s1. The molecule has 1 aromatic heterocycles. The predicted octanol–water partition coefficient (Wildman–Crippen LogP) is 4.05. The van der Waals surface area contributed by atoms with E-state index in [2.05, 4.69) is 9.88 Å². The Morgan fingerprint density at radius 3 is 2.34 bits per heavy atom. The highest BCUT2D eigenvalue weighted by molar-refractivity contribution is 6.32. The molecule has 1 atom stereocenters. The van der Waals surface area contributed by atoms with Crippen LogP contribution in [0, 0.1) is 5.92 Å². The molecule has 8 nitrogen and oxygen atoms in total. The van der Waals surface area contributed by atoms with Crippen molar-refractivity contribution in [3.05, 3.63) is 52.7 Å². The van der Waals surface area contributed by atoms with Crippen molar-refractivity contribution in [2.75, 3.05) is 45.7 Å². The number of alkyl halides is 3. The van der Waals surface area contributed by atoms with Crippen LogP contribution in [0.3, 0.4) is 0 Å². The Kier molecular flexibility index (Phi) is 9.14. The van der Waals surface area contributed by atoms with Crippen molar-refractivity contribution in [3.63, 3.8) is 0 Å². The Morgan fingerprint density at radius 1 is 1.13 bits per heavy atom. The van der Waals surface area contributed by atoms with E-state index < -0.39 is 29.0 Å². The van der Waals surface area contributed by atoms with E-state index in [-0.39, 0.29) is 17.6 Å². The fourth-order valence-electron chi connectivity index (χ4n) is 4.59. The summed E-state index contributed by atoms with van der Waals surface area (Å²) in [5, 5.41) is 20.2. The van der Waals surface area contributed by atoms with Gasteiger partial charge in [0.15, 0.2) is 0 Å². The summed E-state index contributed by atoms with van der Waals surface area (Å²) >= 11 is 6.23. The lowest BCUT2D eigenvalue weighted by Crippen LogP contribution is -2.55. The van der Waals surface area contributed by atoms with E-state index in [1.54, 1.807) is 26.2 Å². The third-order valence-corrected chi connectivity index (χ3v) is 7.13. The number of aromatic nitrogens is 1. The summed E-state index contributed by atoms with van der Waals surface area (Å²) in [5.41, 5.74) is -4.16. The molecule has 208 valence electrons. The van der Waals surface area contributed by atoms with Crippen molar-refractivity contribution < 1.29 is 33.0 Å². The number of benzene rings is 1. The van der Waals surface area contributed by atoms with Crippen molar-refractivity contribution in [2.45, 2.75) is 37.5 Å². The number of aliphatic hydroxyl groups is 1. The smallest absolute Gasteiger partial charge is 0.430 e. The van der Waals surface area contributed by atoms with Gasteiger partial charge < -0.3 is 24.9 Å². The minimum absolute atomic E-state index is 0.0365. The first-order valence-electron chi connectivity index (χ1n) is 12.2. The fourth-order valence-corrected chi connectivity index (χ4v) is 4.82. The maximum atomic E-state index is 13.8. The molecule has 1 saturated heterocycles. The van der Waals surface area contributed by atoms with Gasteiger partial charge in [-0.1, -0.05) is 23.7 Å². The molecule has 2 aromatic rings. The van der Waals surface area contributed by atoms with Crippen LogP contribution in [0.15, 0.2) is 36.4 Å². The molecule has 2 N–H and O–H groups in total. The molecule has 3 rings (SSSR count). The quantitative estimate of drug-likeness (QED) is 0.476. The molecular weight excluding hydrogens is 525 g/mol. The number of amides is 2. The number of anilines is 1. The lowest BCUT2D eigenvalue weighted by Gasteiger charge is -2.34. The highest BCUT2D eigenvalue weighted by Crippen LogP contribution is 2.41. The van der Waals surface area contributed by atoms with Gasteiger partial charge in [-0.15, -0.1) is 0 Å². The number of hydrogen-bond acceptors (Lipinski definition) is 6. The van der Waals surface area contributed by atoms with E-state index in [4.69, 9.17) is 11.6 Å². The second-order valence-corrected chi connectivity index (χ2v) is 10.1. The normalized spacial score (nSPS) is 16.2. The highest BCUT2D eigenvalue weighted by Gasteiger charge is 2.61. The minimum atomic E-state index is -5.27. The predicted molar refractivity (Wildman–Crippen MR) is 137 cm³/mol. The van der Waals surface area contributed by atoms with Crippen molar-refractivity contribution in [3.8, 4) is 5.75 Å². The summed E-state index contributed by atoms with van der Waals surface area (Å²) in [5.74, 6) is -1.22. The third kappa shape index (κ3) is 6.32. The summed E-state index contributed by atoms with van der Waals surface area (Å²) in [6.45, 7) is 1.44. The Hall–Kier alpha value is -3.05. The van der Waals surface area contributed by atoms with E-state index in [1.807, 2.05) is 0 Å². The lowest BCUT2D eigenvalue weighted by molar-refractivity contribution is -0.261. The van der Waals surface area contributed by atoms with Crippen LogP contribution in [-0.2, 0) is 10.4 Å². The van der Waals surface area contributed by atoms with Crippen LogP contribution < -0.4 is 4.90 Å². The molecule has 0 saturated carbocycles. The fraction of sp³-hybridized carbons (Fsp3) is 0.500. The van der Waals surface area contributed by atoms with Crippen LogP contribution in [0.25, 0.3) is 0 Å². The zero-order chi connectivity index (χ0) is 28.3. The van der Waals surface area contributed by atoms with E-state index in [0.717, 1.165) is 42.0 Å². The first-order valence-corrected chi connectivity index (χ1v) is 12.6. The number of aromatic hydroxyl groups is 1. The molecular formula is C26H32ClF3N4O4. The molecule has 1 fully saturated rings. The molecule has 1 aliphatic heterocycles. The molecule has 1 aliphatic rings. The van der Waals surface area contributed by atoms with Crippen LogP contribution in [0.2, 0.25) is 5.15 Å². The minimum Gasteiger partial charge on any atom is -0.508 e. The molecule has 0 unspecified atom stereocenters. The maximum absolute atomic E-state index is 13.8. The van der Waals surface area contributed by atoms with Gasteiger partial charge in [0, 0.05) is 46.3 Å². The van der Waals surface area contributed by atoms with Crippen LogP contribution >= 0.6 is 11.6 Å². The number of carbonyl (C=O) groups excluding carboxylic acids is 2. The summed E-state index contributed by atoms with van der Waals surface area (Å²) in [6, 6.07) is 7.42. The number of halogens is 4. The van der Waals surface area contributed by atoms with Crippen molar-refractivity contribution >= 4 is 29.2 Å². The number of nitrogens with zero attached hydrogens (tertiary/aromatic N) is 4. The van der Waals surface area contributed by atoms with E-state index in [0.29, 0.717) is 43.2 Å². The number of hydrogen-bond donors (Lipinski definition) is 2. The molecule has 2 heterocycles. The first-order chi connectivity index (χ1) is 17.8. The van der Waals surface area contributed by atoms with Gasteiger partial charge in [-0.05, 0) is 55.9 Å². The molecule has 12 heteroatoms. The average molecular weight is 557 g/mol. The number of pyridine rings is 1. The largest absolute Gasteiger partial charge is 0.508 e. The third-order valence-electron chi connectivity index (χ3n) is 6.85. The number of likely N-dealkylation sites (N-methyl/N-ethyl adjacent to an activating group) is 1. The van der Waals surface area contributed by atoms with Crippen LogP contribution in [-0.4, -0.2) is 83.8 Å². The maximum Gasteiger partial charge on any atom is 0.430 e. The van der Waals surface area contributed by atoms with E-state index >= 15 is 0 Å². The molecule has 0 aliphatic carbocycles. The number of carbonyl (C=O) groups is 2. The Bertz CT molecular complexity index is 1160. The number of rotatable bonds is 8. The summed E-state index contributed by atoms with van der Waals surface area (Å²) in [7, 11) is 4.50. The van der Waals surface area contributed by atoms with Gasteiger partial charge in [0.2, 0.25) is 0 Å². The van der Waals surface area contributed by atoms with Crippen LogP contribution in [0.5, 0.6) is 5.75 Å². The van der Waals surface area contributed by atoms with Crippen molar-refractivity contribution in [2.24, 2.45) is 5.92 Å². The van der Waals surface area contributed by atoms with Crippen molar-refractivity contribution in [1.29, 1.82) is 0 Å². The van der Waals surface area contributed by atoms with Crippen LogP contribution in [0.4, 0.5) is 19.0 Å². The van der Waals surface area contributed by atoms with Gasteiger partial charge in [-0.3, -0.25) is 9.59 Å². The molecule has 0 bridgehead atoms. The van der Waals surface area contributed by atoms with Gasteiger partial charge >= 0.3 is 6.18 Å². The molecule has 0 spiro atoms. The second kappa shape index (κ2) is 11.8. The van der Waals surface area contributed by atoms with E-state index in [1.165, 1.54) is 11.9 Å². The van der Waals surface area contributed by atoms with E-state index in [9.17, 15) is 33.0 Å². The van der Waals surface area contributed by atoms with Gasteiger partial charge in [0.05, 0.1) is 5.56 Å². The first kappa shape index (κ1) is 29.5. The molecule has 1 aromatic carbocycles. The highest BCUT2D eigenvalue weighted by atomic mass is 35.5. The Balaban J connectivity index is 1.54. The Labute approximate surface area is 224 Å². The van der Waals surface area contributed by atoms with Crippen molar-refractivity contribution in [1.82, 2.24) is 14.8 Å². The number of phenolic OH excluding ortho intramolecular Hbond substituents is 1. The number of piperidine rings is 1. The van der Waals surface area contributed by atoms with Gasteiger partial charge in [-0.25, -0.2) is 4.98 Å². The monoisotopic (exact) mass is 556 g/mol. The average Bonchev–Trinajstić information content (AvgIpc) is 2.86.